The van der Waals surface area contributed by atoms with Gasteiger partial charge in [-0.25, -0.2) is 13.2 Å². The second kappa shape index (κ2) is 8.51. The molecule has 2 atom stereocenters. The lowest BCUT2D eigenvalue weighted by Crippen LogP contribution is -2.22. The highest BCUT2D eigenvalue weighted by molar-refractivity contribution is 5.89. The maximum Gasteiger partial charge on any atom is 0.458 e. The van der Waals surface area contributed by atoms with Crippen molar-refractivity contribution in [3.05, 3.63) is 71.0 Å². The molecule has 1 aliphatic rings. The number of ether oxygens (including phenoxy) is 1. The van der Waals surface area contributed by atoms with Crippen LogP contribution in [-0.2, 0) is 4.74 Å². The molecule has 0 amide bonds. The van der Waals surface area contributed by atoms with Crippen LogP contribution < -0.4 is 0 Å². The number of benzene rings is 3. The fourth-order valence-electron chi connectivity index (χ4n) is 3.92. The smallest absolute Gasteiger partial charge is 0.378 e. The minimum absolute atomic E-state index is 0.105. The maximum absolute atomic E-state index is 14.7. The summed E-state index contributed by atoms with van der Waals surface area (Å²) in [6, 6.07) is 10.7. The van der Waals surface area contributed by atoms with Gasteiger partial charge in [0.1, 0.15) is 11.6 Å². The second-order valence-corrected chi connectivity index (χ2v) is 7.89. The first kappa shape index (κ1) is 22.2. The van der Waals surface area contributed by atoms with E-state index in [2.05, 4.69) is 0 Å². The van der Waals surface area contributed by atoms with Gasteiger partial charge < -0.3 is 4.74 Å². The molecule has 0 radical (unpaired) electrons. The number of fused-ring (bicyclic) bond motifs is 1. The van der Waals surface area contributed by atoms with E-state index in [1.54, 1.807) is 12.1 Å². The second-order valence-electron chi connectivity index (χ2n) is 7.89. The Morgan fingerprint density at radius 3 is 2.25 bits per heavy atom. The van der Waals surface area contributed by atoms with Crippen LogP contribution in [0.2, 0.25) is 0 Å². The lowest BCUT2D eigenvalue weighted by atomic mass is 9.90. The third kappa shape index (κ3) is 4.61. The Balaban J connectivity index is 1.70. The molecule has 1 nitrogen and oxygen atoms in total. The van der Waals surface area contributed by atoms with Gasteiger partial charge in [-0.05, 0) is 60.0 Å². The molecule has 0 aliphatic carbocycles. The van der Waals surface area contributed by atoms with E-state index in [1.807, 2.05) is 19.1 Å². The fourth-order valence-corrected chi connectivity index (χ4v) is 3.92. The Morgan fingerprint density at radius 2 is 1.62 bits per heavy atom. The Labute approximate surface area is 181 Å². The molecule has 3 aromatic rings. The summed E-state index contributed by atoms with van der Waals surface area (Å²) in [6.45, 7) is 2.66. The minimum Gasteiger partial charge on any atom is -0.378 e. The van der Waals surface area contributed by atoms with E-state index in [4.69, 9.17) is 4.74 Å². The van der Waals surface area contributed by atoms with Crippen molar-refractivity contribution in [1.29, 1.82) is 0 Å². The summed E-state index contributed by atoms with van der Waals surface area (Å²) in [5.41, 5.74) is 1.01. The first-order valence-electron chi connectivity index (χ1n) is 10.1. The van der Waals surface area contributed by atoms with Crippen molar-refractivity contribution in [2.45, 2.75) is 38.0 Å². The van der Waals surface area contributed by atoms with Gasteiger partial charge >= 0.3 is 6.18 Å². The lowest BCUT2D eigenvalue weighted by Gasteiger charge is -2.27. The van der Waals surface area contributed by atoms with Gasteiger partial charge in [0.2, 0.25) is 0 Å². The van der Waals surface area contributed by atoms with Crippen LogP contribution in [0.5, 0.6) is 0 Å². The number of hydrogen-bond donors (Lipinski definition) is 0. The topological polar surface area (TPSA) is 9.23 Å². The van der Waals surface area contributed by atoms with Crippen molar-refractivity contribution in [3.8, 4) is 23.0 Å². The van der Waals surface area contributed by atoms with Crippen molar-refractivity contribution in [3.63, 3.8) is 0 Å². The summed E-state index contributed by atoms with van der Waals surface area (Å²) >= 11 is 0. The monoisotopic (exact) mass is 448 g/mol. The summed E-state index contributed by atoms with van der Waals surface area (Å²) in [4.78, 5) is 0. The van der Waals surface area contributed by atoms with Crippen LogP contribution in [0.3, 0.4) is 0 Å². The predicted octanol–water partition coefficient (Wildman–Crippen LogP) is 7.12. The molecule has 0 spiro atoms. The average Bonchev–Trinajstić information content (AvgIpc) is 2.73. The van der Waals surface area contributed by atoms with Crippen LogP contribution in [0, 0.1) is 29.3 Å². The molecule has 3 aromatic carbocycles. The largest absolute Gasteiger partial charge is 0.458 e. The highest BCUT2D eigenvalue weighted by Gasteiger charge is 2.24. The van der Waals surface area contributed by atoms with Crippen LogP contribution in [0.4, 0.5) is 26.3 Å². The van der Waals surface area contributed by atoms with Crippen LogP contribution in [0.15, 0.2) is 42.5 Å². The minimum atomic E-state index is -4.93. The molecule has 0 aromatic heterocycles. The molecule has 0 saturated carbocycles. The molecule has 166 valence electrons. The third-order valence-corrected chi connectivity index (χ3v) is 5.63. The predicted molar refractivity (Wildman–Crippen MR) is 110 cm³/mol. The van der Waals surface area contributed by atoms with Gasteiger partial charge in [-0.3, -0.25) is 0 Å². The SMILES string of the molecule is CC1CCC(c2ccc(-c3cc(F)c4c(F)c(C#CC(F)(F)F)c(F)cc4c3)cc2)CO1. The molecule has 1 aliphatic heterocycles. The Morgan fingerprint density at radius 1 is 0.906 bits per heavy atom. The zero-order valence-electron chi connectivity index (χ0n) is 17.0. The summed E-state index contributed by atoms with van der Waals surface area (Å²) in [7, 11) is 0. The molecular formula is C25H18F6O. The van der Waals surface area contributed by atoms with Gasteiger partial charge in [0.05, 0.1) is 23.7 Å². The summed E-state index contributed by atoms with van der Waals surface area (Å²) in [5, 5.41) is -0.710. The van der Waals surface area contributed by atoms with E-state index in [9.17, 15) is 26.3 Å². The third-order valence-electron chi connectivity index (χ3n) is 5.63. The van der Waals surface area contributed by atoms with E-state index in [-0.39, 0.29) is 17.4 Å². The standard InChI is InChI=1S/C25H18F6O/c1-14-2-3-17(13-32-14)15-4-6-16(7-5-15)18-10-19-12-21(26)20(8-9-25(29,30)31)24(28)23(19)22(27)11-18/h4-7,10-12,14,17H,2-3,13H2,1H3. The van der Waals surface area contributed by atoms with Crippen molar-refractivity contribution < 1.29 is 31.1 Å². The van der Waals surface area contributed by atoms with E-state index >= 15 is 0 Å². The van der Waals surface area contributed by atoms with E-state index in [1.165, 1.54) is 12.0 Å². The Bertz CT molecular complexity index is 1210. The summed E-state index contributed by atoms with van der Waals surface area (Å²) < 4.78 is 86.2. The molecule has 2 unspecified atom stereocenters. The Hall–Kier alpha value is -2.98. The number of alkyl halides is 3. The zero-order valence-corrected chi connectivity index (χ0v) is 17.0. The fraction of sp³-hybridized carbons (Fsp3) is 0.280. The van der Waals surface area contributed by atoms with E-state index in [0.717, 1.165) is 36.5 Å². The number of hydrogen-bond acceptors (Lipinski definition) is 1. The van der Waals surface area contributed by atoms with Gasteiger partial charge in [-0.15, -0.1) is 0 Å². The molecule has 1 heterocycles. The Kier molecular flexibility index (Phi) is 5.91. The molecule has 1 fully saturated rings. The first-order valence-corrected chi connectivity index (χ1v) is 10.1. The van der Waals surface area contributed by atoms with E-state index in [0.29, 0.717) is 17.7 Å². The van der Waals surface area contributed by atoms with Crippen molar-refractivity contribution in [2.75, 3.05) is 6.61 Å². The van der Waals surface area contributed by atoms with Gasteiger partial charge in [0, 0.05) is 11.8 Å². The van der Waals surface area contributed by atoms with Crippen LogP contribution in [-0.4, -0.2) is 18.9 Å². The molecule has 1 saturated heterocycles. The van der Waals surface area contributed by atoms with Crippen molar-refractivity contribution >= 4 is 10.8 Å². The quantitative estimate of drug-likeness (QED) is 0.300. The molecule has 7 heteroatoms. The zero-order chi connectivity index (χ0) is 23.0. The molecule has 4 rings (SSSR count). The molecule has 0 bridgehead atoms. The molecule has 32 heavy (non-hydrogen) atoms. The van der Waals surface area contributed by atoms with Gasteiger partial charge in [0.25, 0.3) is 0 Å². The summed E-state index contributed by atoms with van der Waals surface area (Å²) in [6.07, 6.45) is -2.71. The molecule has 0 N–H and O–H groups in total. The van der Waals surface area contributed by atoms with Crippen molar-refractivity contribution in [2.24, 2.45) is 0 Å². The first-order chi connectivity index (χ1) is 15.1. The van der Waals surface area contributed by atoms with Gasteiger partial charge in [-0.1, -0.05) is 30.2 Å². The normalized spacial score (nSPS) is 19.0. The maximum atomic E-state index is 14.7. The van der Waals surface area contributed by atoms with Crippen molar-refractivity contribution in [1.82, 2.24) is 0 Å². The van der Waals surface area contributed by atoms with Crippen LogP contribution in [0.1, 0.15) is 36.8 Å². The highest BCUT2D eigenvalue weighted by atomic mass is 19.4. The van der Waals surface area contributed by atoms with Gasteiger partial charge in [0.15, 0.2) is 5.82 Å². The number of halogens is 6. The number of rotatable bonds is 2. The molecular weight excluding hydrogens is 430 g/mol. The van der Waals surface area contributed by atoms with Crippen LogP contribution in [0.25, 0.3) is 21.9 Å². The summed E-state index contributed by atoms with van der Waals surface area (Å²) in [5.74, 6) is -1.24. The highest BCUT2D eigenvalue weighted by Crippen LogP contribution is 2.33. The lowest BCUT2D eigenvalue weighted by molar-refractivity contribution is -0.0696. The van der Waals surface area contributed by atoms with Crippen LogP contribution >= 0.6 is 0 Å². The van der Waals surface area contributed by atoms with Gasteiger partial charge in [-0.2, -0.15) is 13.2 Å². The van der Waals surface area contributed by atoms with E-state index < -0.39 is 34.6 Å². The average molecular weight is 448 g/mol.